The third-order valence-electron chi connectivity index (χ3n) is 8.32. The number of aromatic nitrogens is 3. The number of hydrogen-bond acceptors (Lipinski definition) is 10. The number of nitrogens with zero attached hydrogens (tertiary/aromatic N) is 4. The monoisotopic (exact) mass is 613 g/mol. The Labute approximate surface area is 259 Å². The summed E-state index contributed by atoms with van der Waals surface area (Å²) in [7, 11) is 4.79. The maximum Gasteiger partial charge on any atom is 0.407 e. The third-order valence-corrected chi connectivity index (χ3v) is 8.32. The highest BCUT2D eigenvalue weighted by atomic mass is 16.5. The zero-order chi connectivity index (χ0) is 31.7. The first-order valence-corrected chi connectivity index (χ1v) is 14.9. The fourth-order valence-electron chi connectivity index (χ4n) is 5.88. The first kappa shape index (κ1) is 29.8. The van der Waals surface area contributed by atoms with Crippen LogP contribution < -0.4 is 31.5 Å². The normalized spacial score (nSPS) is 18.2. The van der Waals surface area contributed by atoms with Gasteiger partial charge in [-0.15, -0.1) is 10.2 Å². The predicted molar refractivity (Wildman–Crippen MR) is 166 cm³/mol. The van der Waals surface area contributed by atoms with Crippen molar-refractivity contribution < 1.29 is 23.9 Å². The molecule has 2 atom stereocenters. The fourth-order valence-corrected chi connectivity index (χ4v) is 5.88. The predicted octanol–water partition coefficient (Wildman–Crippen LogP) is 2.95. The number of rotatable bonds is 8. The average molecular weight is 614 g/mol. The van der Waals surface area contributed by atoms with Gasteiger partial charge in [-0.05, 0) is 49.8 Å². The van der Waals surface area contributed by atoms with Crippen molar-refractivity contribution in [3.8, 4) is 11.1 Å². The molecule has 4 amide bonds. The molecule has 14 heteroatoms. The minimum atomic E-state index is -0.474. The molecule has 0 saturated heterocycles. The van der Waals surface area contributed by atoms with Crippen LogP contribution in [-0.2, 0) is 16.1 Å². The van der Waals surface area contributed by atoms with E-state index in [9.17, 15) is 19.2 Å². The first-order chi connectivity index (χ1) is 21.7. The highest BCUT2D eigenvalue weighted by Crippen LogP contribution is 2.44. The second-order valence-electron chi connectivity index (χ2n) is 11.6. The van der Waals surface area contributed by atoms with E-state index in [2.05, 4.69) is 51.4 Å². The number of methoxy groups -OCH3 is 1. The van der Waals surface area contributed by atoms with Crippen molar-refractivity contribution in [2.45, 2.75) is 50.7 Å². The summed E-state index contributed by atoms with van der Waals surface area (Å²) in [6, 6.07) is 9.08. The highest BCUT2D eigenvalue weighted by molar-refractivity contribution is 6.01. The SMILES string of the molecule is CNC(=O)c1nnc(NC(=O)C2CC2)cc1Nc1cccc2c1N(C)Cc1cc(C(=O)N[C@@H]3CCC(NC(=O)OC)C3)ncc1-2. The molecule has 1 unspecified atom stereocenters. The van der Waals surface area contributed by atoms with Crippen molar-refractivity contribution in [3.63, 3.8) is 0 Å². The number of fused-ring (bicyclic) bond motifs is 3. The van der Waals surface area contributed by atoms with Crippen LogP contribution in [0.4, 0.5) is 27.7 Å². The Morgan fingerprint density at radius 1 is 0.933 bits per heavy atom. The number of anilines is 4. The number of ether oxygens (including phenoxy) is 1. The molecule has 3 aromatic rings. The van der Waals surface area contributed by atoms with Crippen LogP contribution in [0.5, 0.6) is 0 Å². The van der Waals surface area contributed by atoms with E-state index in [4.69, 9.17) is 0 Å². The number of benzene rings is 1. The van der Waals surface area contributed by atoms with Gasteiger partial charge >= 0.3 is 6.09 Å². The minimum absolute atomic E-state index is 0.0118. The molecule has 3 aliphatic rings. The highest BCUT2D eigenvalue weighted by Gasteiger charge is 2.31. The molecule has 3 heterocycles. The van der Waals surface area contributed by atoms with E-state index in [0.29, 0.717) is 24.3 Å². The number of para-hydroxylation sites is 1. The maximum atomic E-state index is 13.1. The Balaban J connectivity index is 1.23. The Bertz CT molecular complexity index is 1680. The van der Waals surface area contributed by atoms with E-state index < -0.39 is 12.0 Å². The Morgan fingerprint density at radius 3 is 2.44 bits per heavy atom. The Morgan fingerprint density at radius 2 is 1.71 bits per heavy atom. The molecule has 0 spiro atoms. The zero-order valence-electron chi connectivity index (χ0n) is 25.3. The molecule has 234 valence electrons. The molecular weight excluding hydrogens is 578 g/mol. The summed E-state index contributed by atoms with van der Waals surface area (Å²) in [6.45, 7) is 0.512. The van der Waals surface area contributed by atoms with Gasteiger partial charge in [-0.25, -0.2) is 4.79 Å². The molecule has 0 bridgehead atoms. The smallest absolute Gasteiger partial charge is 0.407 e. The van der Waals surface area contributed by atoms with Crippen LogP contribution in [0.1, 0.15) is 58.6 Å². The van der Waals surface area contributed by atoms with Crippen molar-refractivity contribution >= 4 is 46.7 Å². The maximum absolute atomic E-state index is 13.1. The molecule has 2 fully saturated rings. The van der Waals surface area contributed by atoms with Gasteiger partial charge < -0.3 is 36.2 Å². The van der Waals surface area contributed by atoms with E-state index >= 15 is 0 Å². The van der Waals surface area contributed by atoms with Crippen LogP contribution in [0.15, 0.2) is 36.5 Å². The average Bonchev–Trinajstić information content (AvgIpc) is 3.81. The summed E-state index contributed by atoms with van der Waals surface area (Å²) < 4.78 is 4.68. The van der Waals surface area contributed by atoms with Crippen molar-refractivity contribution in [1.82, 2.24) is 31.1 Å². The molecule has 2 aliphatic carbocycles. The Hall–Kier alpha value is -5.27. The van der Waals surface area contributed by atoms with E-state index in [1.54, 1.807) is 12.3 Å². The molecule has 0 radical (unpaired) electrons. The van der Waals surface area contributed by atoms with E-state index in [-0.39, 0.29) is 41.3 Å². The summed E-state index contributed by atoms with van der Waals surface area (Å²) in [4.78, 5) is 56.2. The fraction of sp³-hybridized carbons (Fsp3) is 0.387. The van der Waals surface area contributed by atoms with Gasteiger partial charge in [0.15, 0.2) is 11.5 Å². The molecule has 2 aromatic heterocycles. The lowest BCUT2D eigenvalue weighted by Gasteiger charge is -2.32. The quantitative estimate of drug-likeness (QED) is 0.254. The topological polar surface area (TPSA) is 180 Å². The molecule has 2 saturated carbocycles. The molecule has 45 heavy (non-hydrogen) atoms. The van der Waals surface area contributed by atoms with Crippen LogP contribution in [0.3, 0.4) is 0 Å². The molecule has 6 rings (SSSR count). The second-order valence-corrected chi connectivity index (χ2v) is 11.6. The largest absolute Gasteiger partial charge is 0.453 e. The van der Waals surface area contributed by atoms with Crippen LogP contribution in [0.2, 0.25) is 0 Å². The number of hydrogen-bond donors (Lipinski definition) is 5. The van der Waals surface area contributed by atoms with Crippen molar-refractivity contribution in [2.24, 2.45) is 5.92 Å². The third kappa shape index (κ3) is 6.35. The molecule has 14 nitrogen and oxygen atoms in total. The number of alkyl carbamates (subject to hydrolysis) is 1. The number of nitrogens with one attached hydrogen (secondary N) is 5. The number of carbonyl (C=O) groups excluding carboxylic acids is 4. The van der Waals surface area contributed by atoms with Gasteiger partial charge in [0.2, 0.25) is 5.91 Å². The van der Waals surface area contributed by atoms with Gasteiger partial charge in [-0.1, -0.05) is 12.1 Å². The van der Waals surface area contributed by atoms with Gasteiger partial charge in [0, 0.05) is 62.0 Å². The lowest BCUT2D eigenvalue weighted by atomic mass is 9.93. The number of pyridine rings is 1. The van der Waals surface area contributed by atoms with Crippen LogP contribution in [-0.4, -0.2) is 72.3 Å². The standard InChI is InChI=1S/C31H35N9O5/c1-32-30(43)26-23(13-25(38-39-26)37-28(41)16-7-8-16)36-22-6-4-5-20-21-14-33-24(11-17(21)15-40(2)27(20)22)29(42)34-18-9-10-19(12-18)35-31(44)45-3/h4-6,11,13-14,16,18-19H,7-10,12,15H2,1-3H3,(H,32,43)(H,34,42)(H,35,44)(H2,36,37,38,41)/t18-,19?/m1/s1. The van der Waals surface area contributed by atoms with Crippen molar-refractivity contribution in [1.29, 1.82) is 0 Å². The van der Waals surface area contributed by atoms with Crippen LogP contribution in [0, 0.1) is 5.92 Å². The van der Waals surface area contributed by atoms with Crippen LogP contribution in [0.25, 0.3) is 11.1 Å². The van der Waals surface area contributed by atoms with Crippen molar-refractivity contribution in [3.05, 3.63) is 53.5 Å². The summed E-state index contributed by atoms with van der Waals surface area (Å²) >= 11 is 0. The lowest BCUT2D eigenvalue weighted by Crippen LogP contribution is -2.37. The van der Waals surface area contributed by atoms with Gasteiger partial charge in [-0.3, -0.25) is 19.4 Å². The molecule has 5 N–H and O–H groups in total. The van der Waals surface area contributed by atoms with Crippen molar-refractivity contribution in [2.75, 3.05) is 36.7 Å². The number of amides is 4. The summed E-state index contributed by atoms with van der Waals surface area (Å²) in [6.07, 6.45) is 5.07. The number of carbonyl (C=O) groups is 4. The molecule has 1 aromatic carbocycles. The van der Waals surface area contributed by atoms with Gasteiger partial charge in [0.1, 0.15) is 5.69 Å². The zero-order valence-corrected chi connectivity index (χ0v) is 25.3. The van der Waals surface area contributed by atoms with E-state index in [1.165, 1.54) is 14.2 Å². The Kier molecular flexibility index (Phi) is 8.20. The molecular formula is C31H35N9O5. The second kappa shape index (κ2) is 12.4. The first-order valence-electron chi connectivity index (χ1n) is 14.9. The van der Waals surface area contributed by atoms with Gasteiger partial charge in [0.05, 0.1) is 24.2 Å². The van der Waals surface area contributed by atoms with Gasteiger partial charge in [-0.2, -0.15) is 0 Å². The van der Waals surface area contributed by atoms with Crippen LogP contribution >= 0.6 is 0 Å². The lowest BCUT2D eigenvalue weighted by molar-refractivity contribution is -0.117. The van der Waals surface area contributed by atoms with E-state index in [1.807, 2.05) is 31.3 Å². The van der Waals surface area contributed by atoms with E-state index in [0.717, 1.165) is 53.7 Å². The van der Waals surface area contributed by atoms with Gasteiger partial charge in [0.25, 0.3) is 11.8 Å². The summed E-state index contributed by atoms with van der Waals surface area (Å²) in [5.41, 5.74) is 5.14. The summed E-state index contributed by atoms with van der Waals surface area (Å²) in [5.74, 6) is -0.547. The minimum Gasteiger partial charge on any atom is -0.453 e. The molecule has 1 aliphatic heterocycles. The summed E-state index contributed by atoms with van der Waals surface area (Å²) in [5, 5.41) is 22.7.